The Bertz CT molecular complexity index is 1380. The summed E-state index contributed by atoms with van der Waals surface area (Å²) < 4.78 is 6.36. The maximum Gasteiger partial charge on any atom is 0.251 e. The van der Waals surface area contributed by atoms with Crippen LogP contribution in [0, 0.1) is 0 Å². The number of aromatic nitrogens is 2. The fourth-order valence-corrected chi connectivity index (χ4v) is 6.84. The summed E-state index contributed by atoms with van der Waals surface area (Å²) in [6.07, 6.45) is 8.01. The first-order valence-corrected chi connectivity index (χ1v) is 15.8. The molecule has 9 heteroatoms. The fraction of sp³-hybridized carbons (Fsp3) is 0.500. The van der Waals surface area contributed by atoms with Crippen molar-refractivity contribution in [3.63, 3.8) is 0 Å². The van der Waals surface area contributed by atoms with Crippen molar-refractivity contribution in [3.05, 3.63) is 58.6 Å². The van der Waals surface area contributed by atoms with E-state index in [1.807, 2.05) is 47.4 Å². The van der Waals surface area contributed by atoms with Crippen molar-refractivity contribution < 1.29 is 14.3 Å². The molecule has 1 N–H and O–H groups in total. The number of benzene rings is 2. The van der Waals surface area contributed by atoms with Crippen LogP contribution in [0.25, 0.3) is 10.6 Å². The lowest BCUT2D eigenvalue weighted by molar-refractivity contribution is -0.128. The van der Waals surface area contributed by atoms with E-state index in [0.717, 1.165) is 47.2 Å². The van der Waals surface area contributed by atoms with Crippen LogP contribution in [-0.2, 0) is 11.3 Å². The number of amides is 2. The number of carbonyl (C=O) groups excluding carboxylic acids is 2. The zero-order valence-corrected chi connectivity index (χ0v) is 24.8. The van der Waals surface area contributed by atoms with Crippen molar-refractivity contribution in [2.75, 3.05) is 19.6 Å². The molecule has 0 radical (unpaired) electrons. The highest BCUT2D eigenvalue weighted by Gasteiger charge is 2.34. The molecule has 3 fully saturated rings. The summed E-state index contributed by atoms with van der Waals surface area (Å²) in [6, 6.07) is 14.2. The number of rotatable bonds is 9. The van der Waals surface area contributed by atoms with Crippen molar-refractivity contribution >= 4 is 23.2 Å². The van der Waals surface area contributed by atoms with Crippen LogP contribution in [0.3, 0.4) is 0 Å². The zero-order chi connectivity index (χ0) is 28.3. The lowest BCUT2D eigenvalue weighted by atomic mass is 9.91. The molecule has 2 aliphatic heterocycles. The monoisotopic (exact) mass is 573 g/mol. The highest BCUT2D eigenvalue weighted by Crippen LogP contribution is 2.33. The highest BCUT2D eigenvalue weighted by molar-refractivity contribution is 7.14. The minimum Gasteiger partial charge on any atom is -0.457 e. The smallest absolute Gasteiger partial charge is 0.251 e. The second-order valence-electron chi connectivity index (χ2n) is 11.9. The highest BCUT2D eigenvalue weighted by atomic mass is 32.1. The van der Waals surface area contributed by atoms with Gasteiger partial charge < -0.3 is 15.0 Å². The average Bonchev–Trinajstić information content (AvgIpc) is 3.62. The number of nitrogens with one attached hydrogen (secondary N) is 1. The van der Waals surface area contributed by atoms with E-state index in [4.69, 9.17) is 4.74 Å². The first-order chi connectivity index (χ1) is 19.9. The topological polar surface area (TPSA) is 87.7 Å². The molecular formula is C32H39N5O3S. The minimum atomic E-state index is -0.0838. The Morgan fingerprint density at radius 2 is 1.83 bits per heavy atom. The van der Waals surface area contributed by atoms with Gasteiger partial charge in [0, 0.05) is 61.2 Å². The molecule has 3 aliphatic rings. The van der Waals surface area contributed by atoms with Gasteiger partial charge >= 0.3 is 0 Å². The zero-order valence-electron chi connectivity index (χ0n) is 24.0. The molecular weight excluding hydrogens is 534 g/mol. The number of likely N-dealkylation sites (tertiary alicyclic amines) is 2. The van der Waals surface area contributed by atoms with Crippen LogP contribution >= 0.6 is 11.3 Å². The van der Waals surface area contributed by atoms with E-state index in [1.54, 1.807) is 11.3 Å². The van der Waals surface area contributed by atoms with E-state index in [-0.39, 0.29) is 17.9 Å². The molecule has 216 valence electrons. The van der Waals surface area contributed by atoms with Crippen LogP contribution in [0.15, 0.2) is 42.5 Å². The molecule has 41 heavy (non-hydrogen) atoms. The largest absolute Gasteiger partial charge is 0.457 e. The standard InChI is InChI=1S/C32H39N5O3S/c1-21(2)31-34-35-32(41-31)22-12-14-27(15-13-22)40-28-17-23(10-11-24(28)18-36-16-6-9-29(36)38)30(39)33-25-19-37(20-25)26-7-4-3-5-8-26/h10-15,17,21,25-26H,3-9,16,18-20H2,1-2H3,(H,33,39). The number of hydrogen-bond donors (Lipinski definition) is 1. The van der Waals surface area contributed by atoms with Crippen LogP contribution in [0.2, 0.25) is 0 Å². The molecule has 0 atom stereocenters. The van der Waals surface area contributed by atoms with Gasteiger partial charge in [0.05, 0.1) is 6.04 Å². The van der Waals surface area contributed by atoms with Crippen molar-refractivity contribution in [2.45, 2.75) is 83.3 Å². The molecule has 1 aliphatic carbocycles. The lowest BCUT2D eigenvalue weighted by Crippen LogP contribution is -2.62. The minimum absolute atomic E-state index is 0.0838. The van der Waals surface area contributed by atoms with E-state index in [1.165, 1.54) is 32.1 Å². The SMILES string of the molecule is CC(C)c1nnc(-c2ccc(Oc3cc(C(=O)NC4CN(C5CCCCC5)C4)ccc3CN3CCCC3=O)cc2)s1. The van der Waals surface area contributed by atoms with Crippen LogP contribution in [0.5, 0.6) is 11.5 Å². The molecule has 2 saturated heterocycles. The Balaban J connectivity index is 1.16. The molecule has 2 amide bonds. The third-order valence-electron chi connectivity index (χ3n) is 8.46. The number of hydrogen-bond acceptors (Lipinski definition) is 7. The van der Waals surface area contributed by atoms with E-state index in [2.05, 4.69) is 34.3 Å². The van der Waals surface area contributed by atoms with Gasteiger partial charge in [0.25, 0.3) is 5.91 Å². The van der Waals surface area contributed by atoms with Crippen LogP contribution in [0.1, 0.15) is 85.6 Å². The number of carbonyl (C=O) groups is 2. The van der Waals surface area contributed by atoms with Gasteiger partial charge in [0.2, 0.25) is 5.91 Å². The normalized spacial score (nSPS) is 18.6. The fourth-order valence-electron chi connectivity index (χ4n) is 5.99. The van der Waals surface area contributed by atoms with Gasteiger partial charge in [-0.2, -0.15) is 0 Å². The Labute approximate surface area is 246 Å². The van der Waals surface area contributed by atoms with Crippen LogP contribution in [0.4, 0.5) is 0 Å². The Hall–Kier alpha value is -3.30. The molecule has 1 saturated carbocycles. The van der Waals surface area contributed by atoms with Gasteiger partial charge in [0.15, 0.2) is 0 Å². The van der Waals surface area contributed by atoms with Crippen molar-refractivity contribution in [3.8, 4) is 22.1 Å². The molecule has 0 unspecified atom stereocenters. The van der Waals surface area contributed by atoms with Gasteiger partial charge in [0.1, 0.15) is 21.5 Å². The van der Waals surface area contributed by atoms with Crippen LogP contribution < -0.4 is 10.1 Å². The van der Waals surface area contributed by atoms with Gasteiger partial charge in [-0.25, -0.2) is 0 Å². The molecule has 2 aromatic carbocycles. The summed E-state index contributed by atoms with van der Waals surface area (Å²) in [7, 11) is 0. The van der Waals surface area contributed by atoms with Crippen LogP contribution in [-0.4, -0.2) is 63.5 Å². The molecule has 1 aromatic heterocycles. The lowest BCUT2D eigenvalue weighted by Gasteiger charge is -2.45. The van der Waals surface area contributed by atoms with Gasteiger partial charge in [-0.15, -0.1) is 10.2 Å². The second-order valence-corrected chi connectivity index (χ2v) is 12.9. The second kappa shape index (κ2) is 12.3. The quantitative estimate of drug-likeness (QED) is 0.338. The van der Waals surface area contributed by atoms with Crippen molar-refractivity contribution in [2.24, 2.45) is 0 Å². The summed E-state index contributed by atoms with van der Waals surface area (Å²) in [5.41, 5.74) is 2.44. The van der Waals surface area contributed by atoms with E-state index < -0.39 is 0 Å². The van der Waals surface area contributed by atoms with Gasteiger partial charge in [-0.05, 0) is 55.7 Å². The van der Waals surface area contributed by atoms with Crippen molar-refractivity contribution in [1.29, 1.82) is 0 Å². The van der Waals surface area contributed by atoms with E-state index >= 15 is 0 Å². The Morgan fingerprint density at radius 1 is 1.05 bits per heavy atom. The maximum atomic E-state index is 13.2. The first kappa shape index (κ1) is 27.8. The van der Waals surface area contributed by atoms with E-state index in [9.17, 15) is 9.59 Å². The third kappa shape index (κ3) is 6.46. The molecule has 8 nitrogen and oxygen atoms in total. The number of ether oxygens (including phenoxy) is 1. The summed E-state index contributed by atoms with van der Waals surface area (Å²) >= 11 is 1.60. The summed E-state index contributed by atoms with van der Waals surface area (Å²) in [5.74, 6) is 1.68. The molecule has 3 aromatic rings. The maximum absolute atomic E-state index is 13.2. The van der Waals surface area contributed by atoms with E-state index in [0.29, 0.717) is 42.0 Å². The summed E-state index contributed by atoms with van der Waals surface area (Å²) in [5, 5.41) is 13.7. The summed E-state index contributed by atoms with van der Waals surface area (Å²) in [4.78, 5) is 30.0. The summed E-state index contributed by atoms with van der Waals surface area (Å²) in [6.45, 7) is 7.29. The molecule has 6 rings (SSSR count). The van der Waals surface area contributed by atoms with Crippen molar-refractivity contribution in [1.82, 2.24) is 25.3 Å². The van der Waals surface area contributed by atoms with Gasteiger partial charge in [-0.3, -0.25) is 14.5 Å². The predicted molar refractivity (Wildman–Crippen MR) is 160 cm³/mol. The molecule has 0 bridgehead atoms. The third-order valence-corrected chi connectivity index (χ3v) is 9.73. The molecule has 0 spiro atoms. The number of nitrogens with zero attached hydrogens (tertiary/aromatic N) is 4. The Kier molecular flexibility index (Phi) is 8.35. The first-order valence-electron chi connectivity index (χ1n) is 15.0. The average molecular weight is 574 g/mol. The molecule has 3 heterocycles. The Morgan fingerprint density at radius 3 is 2.51 bits per heavy atom. The van der Waals surface area contributed by atoms with Gasteiger partial charge in [-0.1, -0.05) is 50.5 Å². The predicted octanol–water partition coefficient (Wildman–Crippen LogP) is 5.99.